The van der Waals surface area contributed by atoms with E-state index in [1.54, 1.807) is 13.8 Å². The van der Waals surface area contributed by atoms with E-state index in [1.165, 1.54) is 0 Å². The van der Waals surface area contributed by atoms with Crippen LogP contribution in [0.4, 0.5) is 4.79 Å². The van der Waals surface area contributed by atoms with Gasteiger partial charge in [-0.1, -0.05) is 62.4 Å². The fraction of sp³-hybridized carbons (Fsp3) is 0.423. The van der Waals surface area contributed by atoms with E-state index in [1.807, 2.05) is 36.4 Å². The smallest absolute Gasteiger partial charge is 0.407 e. The van der Waals surface area contributed by atoms with Gasteiger partial charge in [-0.2, -0.15) is 0 Å². The van der Waals surface area contributed by atoms with Crippen LogP contribution >= 0.6 is 0 Å². The lowest BCUT2D eigenvalue weighted by Gasteiger charge is -2.24. The van der Waals surface area contributed by atoms with Gasteiger partial charge < -0.3 is 26.2 Å². The average molecular weight is 468 g/mol. The second-order valence-electron chi connectivity index (χ2n) is 8.88. The lowest BCUT2D eigenvalue weighted by Crippen LogP contribution is -2.53. The van der Waals surface area contributed by atoms with E-state index < -0.39 is 30.1 Å². The van der Waals surface area contributed by atoms with Crippen molar-refractivity contribution in [2.24, 2.45) is 11.7 Å². The highest BCUT2D eigenvalue weighted by molar-refractivity contribution is 5.89. The van der Waals surface area contributed by atoms with E-state index in [2.05, 4.69) is 22.8 Å². The number of aliphatic carboxylic acids is 1. The Balaban J connectivity index is 1.62. The van der Waals surface area contributed by atoms with Gasteiger partial charge in [0.25, 0.3) is 0 Å². The van der Waals surface area contributed by atoms with Gasteiger partial charge in [-0.3, -0.25) is 4.79 Å². The van der Waals surface area contributed by atoms with E-state index >= 15 is 0 Å². The van der Waals surface area contributed by atoms with Crippen LogP contribution in [0.1, 0.15) is 50.2 Å². The molecule has 2 aromatic carbocycles. The number of rotatable bonds is 11. The van der Waals surface area contributed by atoms with Crippen molar-refractivity contribution in [3.63, 3.8) is 0 Å². The lowest BCUT2D eigenvalue weighted by molar-refractivity contribution is -0.142. The number of amides is 2. The standard InChI is InChI=1S/C26H33N3O5/c1-16(2)23(24(30)28-22(25(31)32)13-7-8-14-27)29-26(33)34-15-21-19-11-5-3-9-17(19)18-10-4-6-12-20(18)21/h3-6,9-12,16,21-23H,7-8,13-15,27H2,1-2H3,(H,28,30)(H,29,33)(H,31,32). The predicted molar refractivity (Wildman–Crippen MR) is 129 cm³/mol. The van der Waals surface area contributed by atoms with Crippen LogP contribution in [-0.4, -0.2) is 48.3 Å². The van der Waals surface area contributed by atoms with Crippen LogP contribution in [0.2, 0.25) is 0 Å². The Labute approximate surface area is 199 Å². The molecule has 2 aromatic rings. The van der Waals surface area contributed by atoms with Crippen molar-refractivity contribution >= 4 is 18.0 Å². The van der Waals surface area contributed by atoms with Crippen molar-refractivity contribution < 1.29 is 24.2 Å². The molecule has 3 rings (SSSR count). The number of unbranched alkanes of at least 4 members (excludes halogenated alkanes) is 1. The molecule has 0 bridgehead atoms. The second-order valence-corrected chi connectivity index (χ2v) is 8.88. The highest BCUT2D eigenvalue weighted by Crippen LogP contribution is 2.44. The van der Waals surface area contributed by atoms with E-state index in [4.69, 9.17) is 10.5 Å². The molecule has 5 N–H and O–H groups in total. The summed E-state index contributed by atoms with van der Waals surface area (Å²) >= 11 is 0. The third-order valence-electron chi connectivity index (χ3n) is 6.13. The molecule has 8 heteroatoms. The summed E-state index contributed by atoms with van der Waals surface area (Å²) in [5.74, 6) is -2.03. The van der Waals surface area contributed by atoms with Gasteiger partial charge in [-0.15, -0.1) is 0 Å². The van der Waals surface area contributed by atoms with Gasteiger partial charge in [-0.05, 0) is 54.0 Å². The summed E-state index contributed by atoms with van der Waals surface area (Å²) in [7, 11) is 0. The summed E-state index contributed by atoms with van der Waals surface area (Å²) in [6, 6.07) is 14.1. The number of fused-ring (bicyclic) bond motifs is 3. The molecular weight excluding hydrogens is 434 g/mol. The Morgan fingerprint density at radius 3 is 2.09 bits per heavy atom. The van der Waals surface area contributed by atoms with Crippen LogP contribution in [0.15, 0.2) is 48.5 Å². The number of carbonyl (C=O) groups is 3. The number of nitrogens with one attached hydrogen (secondary N) is 2. The second kappa shape index (κ2) is 11.7. The van der Waals surface area contributed by atoms with Crippen LogP contribution in [0, 0.1) is 5.92 Å². The number of alkyl carbamates (subject to hydrolysis) is 1. The van der Waals surface area contributed by atoms with Gasteiger partial charge in [0.1, 0.15) is 18.7 Å². The molecule has 8 nitrogen and oxygen atoms in total. The van der Waals surface area contributed by atoms with Gasteiger partial charge in [0.05, 0.1) is 0 Å². The van der Waals surface area contributed by atoms with Crippen molar-refractivity contribution in [3.8, 4) is 11.1 Å². The Bertz CT molecular complexity index is 978. The lowest BCUT2D eigenvalue weighted by atomic mass is 9.98. The first-order valence-electron chi connectivity index (χ1n) is 11.7. The highest BCUT2D eigenvalue weighted by Gasteiger charge is 2.31. The summed E-state index contributed by atoms with van der Waals surface area (Å²) in [5, 5.41) is 14.6. The molecule has 182 valence electrons. The summed E-state index contributed by atoms with van der Waals surface area (Å²) in [6.45, 7) is 4.14. The van der Waals surface area contributed by atoms with Crippen LogP contribution in [0.25, 0.3) is 11.1 Å². The van der Waals surface area contributed by atoms with Crippen LogP contribution in [0.3, 0.4) is 0 Å². The van der Waals surface area contributed by atoms with Gasteiger partial charge in [0.15, 0.2) is 0 Å². The fourth-order valence-electron chi connectivity index (χ4n) is 4.31. The molecule has 0 saturated carbocycles. The van der Waals surface area contributed by atoms with Gasteiger partial charge in [0, 0.05) is 5.92 Å². The topological polar surface area (TPSA) is 131 Å². The largest absolute Gasteiger partial charge is 0.480 e. The Kier molecular flexibility index (Phi) is 8.65. The normalized spacial score (nSPS) is 14.1. The van der Waals surface area contributed by atoms with Gasteiger partial charge in [-0.25, -0.2) is 9.59 Å². The summed E-state index contributed by atoms with van der Waals surface area (Å²) in [4.78, 5) is 37.0. The molecule has 34 heavy (non-hydrogen) atoms. The highest BCUT2D eigenvalue weighted by atomic mass is 16.5. The number of ether oxygens (including phenoxy) is 1. The van der Waals surface area contributed by atoms with E-state index in [0.717, 1.165) is 22.3 Å². The summed E-state index contributed by atoms with van der Waals surface area (Å²) in [6.07, 6.45) is 0.810. The van der Waals surface area contributed by atoms with Crippen LogP contribution in [-0.2, 0) is 14.3 Å². The fourth-order valence-corrected chi connectivity index (χ4v) is 4.31. The third-order valence-corrected chi connectivity index (χ3v) is 6.13. The SMILES string of the molecule is CC(C)C(NC(=O)OCC1c2ccccc2-c2ccccc21)C(=O)NC(CCCCN)C(=O)O. The predicted octanol–water partition coefficient (Wildman–Crippen LogP) is 3.25. The zero-order valence-corrected chi connectivity index (χ0v) is 19.6. The molecule has 0 aromatic heterocycles. The molecule has 2 unspecified atom stereocenters. The number of benzene rings is 2. The minimum Gasteiger partial charge on any atom is -0.480 e. The Hall–Kier alpha value is -3.39. The molecular formula is C26H33N3O5. The zero-order valence-electron chi connectivity index (χ0n) is 19.6. The van der Waals surface area contributed by atoms with Crippen molar-refractivity contribution in [2.45, 2.75) is 51.1 Å². The van der Waals surface area contributed by atoms with Crippen molar-refractivity contribution in [3.05, 3.63) is 59.7 Å². The number of carboxylic acid groups (broad SMARTS) is 1. The minimum atomic E-state index is -1.12. The maximum atomic E-state index is 12.8. The maximum absolute atomic E-state index is 12.8. The number of hydrogen-bond donors (Lipinski definition) is 4. The van der Waals surface area contributed by atoms with Gasteiger partial charge >= 0.3 is 12.1 Å². The monoisotopic (exact) mass is 467 g/mol. The minimum absolute atomic E-state index is 0.0941. The number of carbonyl (C=O) groups excluding carboxylic acids is 2. The molecule has 0 aliphatic heterocycles. The van der Waals surface area contributed by atoms with E-state index in [-0.39, 0.29) is 24.9 Å². The summed E-state index contributed by atoms with van der Waals surface area (Å²) < 4.78 is 5.54. The number of carboxylic acids is 1. The first-order valence-corrected chi connectivity index (χ1v) is 11.7. The van der Waals surface area contributed by atoms with Gasteiger partial charge in [0.2, 0.25) is 5.91 Å². The molecule has 1 aliphatic rings. The molecule has 2 amide bonds. The summed E-state index contributed by atoms with van der Waals surface area (Å²) in [5.41, 5.74) is 9.90. The van der Waals surface area contributed by atoms with E-state index in [0.29, 0.717) is 19.4 Å². The molecule has 0 fully saturated rings. The molecule has 2 atom stereocenters. The number of nitrogens with two attached hydrogens (primary N) is 1. The first kappa shape index (κ1) is 25.2. The first-order chi connectivity index (χ1) is 16.3. The zero-order chi connectivity index (χ0) is 24.7. The Morgan fingerprint density at radius 1 is 0.971 bits per heavy atom. The quantitative estimate of drug-likeness (QED) is 0.375. The average Bonchev–Trinajstić information content (AvgIpc) is 3.14. The molecule has 1 aliphatic carbocycles. The van der Waals surface area contributed by atoms with Crippen molar-refractivity contribution in [1.82, 2.24) is 10.6 Å². The van der Waals surface area contributed by atoms with Crippen LogP contribution < -0.4 is 16.4 Å². The van der Waals surface area contributed by atoms with Crippen LogP contribution in [0.5, 0.6) is 0 Å². The van der Waals surface area contributed by atoms with Crippen molar-refractivity contribution in [1.29, 1.82) is 0 Å². The molecule has 0 saturated heterocycles. The Morgan fingerprint density at radius 2 is 1.56 bits per heavy atom. The molecule has 0 spiro atoms. The third kappa shape index (κ3) is 5.94. The van der Waals surface area contributed by atoms with E-state index in [9.17, 15) is 19.5 Å². The number of hydrogen-bond acceptors (Lipinski definition) is 5. The maximum Gasteiger partial charge on any atom is 0.407 e. The molecule has 0 heterocycles. The molecule has 0 radical (unpaired) electrons. The van der Waals surface area contributed by atoms with Crippen molar-refractivity contribution in [2.75, 3.05) is 13.2 Å².